The molecule has 118 valence electrons. The maximum atomic E-state index is 9.62. The predicted molar refractivity (Wildman–Crippen MR) is 86.9 cm³/mol. The van der Waals surface area contributed by atoms with Crippen LogP contribution in [0.2, 0.25) is 0 Å². The number of aliphatic hydroxyl groups is 1. The summed E-state index contributed by atoms with van der Waals surface area (Å²) in [5.74, 6) is 1.49. The molecular weight excluding hydrogens is 262 g/mol. The zero-order valence-electron chi connectivity index (χ0n) is 13.6. The highest BCUT2D eigenvalue weighted by atomic mass is 16.5. The van der Waals surface area contributed by atoms with Crippen molar-refractivity contribution in [2.45, 2.75) is 64.0 Å². The van der Waals surface area contributed by atoms with E-state index in [1.165, 1.54) is 18.4 Å². The van der Waals surface area contributed by atoms with Crippen LogP contribution in [0.5, 0.6) is 5.75 Å². The molecule has 1 aliphatic rings. The Morgan fingerprint density at radius 3 is 2.71 bits per heavy atom. The maximum absolute atomic E-state index is 9.62. The fourth-order valence-corrected chi connectivity index (χ4v) is 2.54. The summed E-state index contributed by atoms with van der Waals surface area (Å²) in [7, 11) is 0. The smallest absolute Gasteiger partial charge is 0.122 e. The van der Waals surface area contributed by atoms with Gasteiger partial charge in [-0.2, -0.15) is 0 Å². The van der Waals surface area contributed by atoms with Gasteiger partial charge in [-0.1, -0.05) is 32.0 Å². The molecule has 2 rings (SSSR count). The van der Waals surface area contributed by atoms with Crippen LogP contribution in [0, 0.1) is 0 Å². The molecule has 1 aliphatic carbocycles. The largest absolute Gasteiger partial charge is 0.493 e. The summed E-state index contributed by atoms with van der Waals surface area (Å²) < 4.78 is 6.01. The van der Waals surface area contributed by atoms with E-state index in [-0.39, 0.29) is 12.1 Å². The van der Waals surface area contributed by atoms with Crippen molar-refractivity contribution in [1.29, 1.82) is 0 Å². The molecule has 0 radical (unpaired) electrons. The lowest BCUT2D eigenvalue weighted by Gasteiger charge is -2.29. The van der Waals surface area contributed by atoms with E-state index in [0.717, 1.165) is 18.6 Å². The molecule has 0 saturated heterocycles. The van der Waals surface area contributed by atoms with E-state index in [4.69, 9.17) is 4.74 Å². The standard InChI is InChI=1S/C18H29NO2/c1-4-14(2)16-7-5-6-8-17(16)21-12-11-18(3,13-20)19-15-9-10-15/h5-8,14-15,19-20H,4,9-13H2,1-3H3. The Bertz CT molecular complexity index is 445. The fourth-order valence-electron chi connectivity index (χ4n) is 2.54. The molecule has 1 fully saturated rings. The van der Waals surface area contributed by atoms with Crippen LogP contribution >= 0.6 is 0 Å². The highest BCUT2D eigenvalue weighted by Crippen LogP contribution is 2.29. The molecule has 3 heteroatoms. The Morgan fingerprint density at radius 1 is 1.38 bits per heavy atom. The van der Waals surface area contributed by atoms with Gasteiger partial charge >= 0.3 is 0 Å². The molecule has 0 bridgehead atoms. The number of hydrogen-bond acceptors (Lipinski definition) is 3. The van der Waals surface area contributed by atoms with Gasteiger partial charge in [-0.05, 0) is 43.7 Å². The summed E-state index contributed by atoms with van der Waals surface area (Å²) in [6, 6.07) is 8.88. The van der Waals surface area contributed by atoms with Crippen molar-refractivity contribution in [2.24, 2.45) is 0 Å². The van der Waals surface area contributed by atoms with Gasteiger partial charge in [-0.15, -0.1) is 0 Å². The Morgan fingerprint density at radius 2 is 2.10 bits per heavy atom. The average molecular weight is 291 g/mol. The lowest BCUT2D eigenvalue weighted by molar-refractivity contribution is 0.142. The van der Waals surface area contributed by atoms with Gasteiger partial charge in [0.25, 0.3) is 0 Å². The van der Waals surface area contributed by atoms with Crippen molar-refractivity contribution in [3.8, 4) is 5.75 Å². The van der Waals surface area contributed by atoms with Crippen LogP contribution in [0.15, 0.2) is 24.3 Å². The van der Waals surface area contributed by atoms with E-state index in [1.807, 2.05) is 12.1 Å². The van der Waals surface area contributed by atoms with Gasteiger partial charge in [0.2, 0.25) is 0 Å². The molecule has 2 N–H and O–H groups in total. The molecule has 3 nitrogen and oxygen atoms in total. The van der Waals surface area contributed by atoms with Gasteiger partial charge in [-0.3, -0.25) is 0 Å². The third kappa shape index (κ3) is 4.72. The molecule has 1 aromatic carbocycles. The number of rotatable bonds is 9. The molecule has 1 saturated carbocycles. The van der Waals surface area contributed by atoms with Crippen LogP contribution in [0.3, 0.4) is 0 Å². The summed E-state index contributed by atoms with van der Waals surface area (Å²) in [5.41, 5.74) is 1.05. The van der Waals surface area contributed by atoms with E-state index in [1.54, 1.807) is 0 Å². The molecule has 0 heterocycles. The number of hydrogen-bond donors (Lipinski definition) is 2. The first-order valence-electron chi connectivity index (χ1n) is 8.18. The highest BCUT2D eigenvalue weighted by Gasteiger charge is 2.31. The topological polar surface area (TPSA) is 41.5 Å². The van der Waals surface area contributed by atoms with Crippen LogP contribution in [0.1, 0.15) is 57.9 Å². The van der Waals surface area contributed by atoms with Crippen LogP contribution in [-0.4, -0.2) is 29.9 Å². The van der Waals surface area contributed by atoms with Gasteiger partial charge in [0.15, 0.2) is 0 Å². The van der Waals surface area contributed by atoms with Crippen molar-refractivity contribution in [3.63, 3.8) is 0 Å². The fraction of sp³-hybridized carbons (Fsp3) is 0.667. The zero-order valence-corrected chi connectivity index (χ0v) is 13.6. The van der Waals surface area contributed by atoms with Crippen molar-refractivity contribution in [1.82, 2.24) is 5.32 Å². The van der Waals surface area contributed by atoms with E-state index >= 15 is 0 Å². The summed E-state index contributed by atoms with van der Waals surface area (Å²) in [5, 5.41) is 13.1. The Hall–Kier alpha value is -1.06. The first kappa shape index (κ1) is 16.3. The molecule has 2 atom stereocenters. The number of benzene rings is 1. The predicted octanol–water partition coefficient (Wildman–Crippen LogP) is 3.47. The summed E-state index contributed by atoms with van der Waals surface area (Å²) in [6.45, 7) is 7.29. The third-order valence-electron chi connectivity index (χ3n) is 4.45. The summed E-state index contributed by atoms with van der Waals surface area (Å²) in [6.07, 6.45) is 4.38. The zero-order chi connectivity index (χ0) is 15.3. The lowest BCUT2D eigenvalue weighted by Crippen LogP contribution is -2.48. The quantitative estimate of drug-likeness (QED) is 0.732. The van der Waals surface area contributed by atoms with Gasteiger partial charge in [0.1, 0.15) is 5.75 Å². The highest BCUT2D eigenvalue weighted by molar-refractivity contribution is 5.35. The Labute approximate surface area is 128 Å². The van der Waals surface area contributed by atoms with Crippen molar-refractivity contribution in [2.75, 3.05) is 13.2 Å². The minimum atomic E-state index is -0.230. The van der Waals surface area contributed by atoms with Gasteiger partial charge in [-0.25, -0.2) is 0 Å². The third-order valence-corrected chi connectivity index (χ3v) is 4.45. The lowest BCUT2D eigenvalue weighted by atomic mass is 9.97. The molecule has 0 aromatic heterocycles. The number of aliphatic hydroxyl groups excluding tert-OH is 1. The molecule has 0 aliphatic heterocycles. The number of ether oxygens (including phenoxy) is 1. The number of para-hydroxylation sites is 1. The molecule has 0 amide bonds. The van der Waals surface area contributed by atoms with Crippen molar-refractivity contribution < 1.29 is 9.84 Å². The minimum absolute atomic E-state index is 0.153. The van der Waals surface area contributed by atoms with Gasteiger partial charge < -0.3 is 15.2 Å². The van der Waals surface area contributed by atoms with E-state index in [2.05, 4.69) is 38.2 Å². The van der Waals surface area contributed by atoms with E-state index in [9.17, 15) is 5.11 Å². The molecular formula is C18H29NO2. The summed E-state index contributed by atoms with van der Waals surface area (Å²) >= 11 is 0. The molecule has 2 unspecified atom stereocenters. The second-order valence-electron chi connectivity index (χ2n) is 6.58. The second kappa shape index (κ2) is 7.28. The average Bonchev–Trinajstić information content (AvgIpc) is 3.30. The first-order chi connectivity index (χ1) is 10.1. The van der Waals surface area contributed by atoms with Crippen LogP contribution in [0.25, 0.3) is 0 Å². The number of nitrogens with one attached hydrogen (secondary N) is 1. The normalized spacial score (nSPS) is 19.0. The van der Waals surface area contributed by atoms with Gasteiger partial charge in [0, 0.05) is 18.0 Å². The Kier molecular flexibility index (Phi) is 5.65. The second-order valence-corrected chi connectivity index (χ2v) is 6.58. The van der Waals surface area contributed by atoms with Crippen LogP contribution < -0.4 is 10.1 Å². The molecule has 21 heavy (non-hydrogen) atoms. The SMILES string of the molecule is CCC(C)c1ccccc1OCCC(C)(CO)NC1CC1. The first-order valence-corrected chi connectivity index (χ1v) is 8.18. The Balaban J connectivity index is 1.90. The monoisotopic (exact) mass is 291 g/mol. The maximum Gasteiger partial charge on any atom is 0.122 e. The van der Waals surface area contributed by atoms with E-state index < -0.39 is 0 Å². The van der Waals surface area contributed by atoms with Crippen molar-refractivity contribution in [3.05, 3.63) is 29.8 Å². The minimum Gasteiger partial charge on any atom is -0.493 e. The van der Waals surface area contributed by atoms with Crippen LogP contribution in [-0.2, 0) is 0 Å². The molecule has 1 aromatic rings. The summed E-state index contributed by atoms with van der Waals surface area (Å²) in [4.78, 5) is 0. The van der Waals surface area contributed by atoms with E-state index in [0.29, 0.717) is 18.6 Å². The molecule has 0 spiro atoms. The van der Waals surface area contributed by atoms with Gasteiger partial charge in [0.05, 0.1) is 13.2 Å². The van der Waals surface area contributed by atoms with Crippen molar-refractivity contribution >= 4 is 0 Å². The van der Waals surface area contributed by atoms with Crippen LogP contribution in [0.4, 0.5) is 0 Å².